The van der Waals surface area contributed by atoms with E-state index in [9.17, 15) is 9.18 Å². The van der Waals surface area contributed by atoms with Crippen molar-refractivity contribution in [3.05, 3.63) is 29.6 Å². The van der Waals surface area contributed by atoms with E-state index in [0.717, 1.165) is 12.1 Å². The lowest BCUT2D eigenvalue weighted by atomic mass is 10.1. The van der Waals surface area contributed by atoms with Crippen molar-refractivity contribution < 1.29 is 13.9 Å². The Morgan fingerprint density at radius 2 is 2.05 bits per heavy atom. The highest BCUT2D eigenvalue weighted by Crippen LogP contribution is 2.18. The molecule has 0 spiro atoms. The van der Waals surface area contributed by atoms with Crippen LogP contribution >= 0.6 is 0 Å². The van der Waals surface area contributed by atoms with Gasteiger partial charge in [0.1, 0.15) is 0 Å². The normalized spacial score (nSPS) is 11.2. The summed E-state index contributed by atoms with van der Waals surface area (Å²) < 4.78 is 19.0. The van der Waals surface area contributed by atoms with Crippen molar-refractivity contribution >= 4 is 5.91 Å². The van der Waals surface area contributed by atoms with Gasteiger partial charge in [-0.1, -0.05) is 13.0 Å². The van der Waals surface area contributed by atoms with Gasteiger partial charge in [0.2, 0.25) is 0 Å². The van der Waals surface area contributed by atoms with Crippen molar-refractivity contribution in [2.24, 2.45) is 0 Å². The van der Waals surface area contributed by atoms with Crippen LogP contribution in [0.25, 0.3) is 0 Å². The van der Waals surface area contributed by atoms with E-state index >= 15 is 0 Å². The van der Waals surface area contributed by atoms with Crippen molar-refractivity contribution in [3.8, 4) is 5.75 Å². The second-order valence-corrected chi connectivity index (χ2v) is 5.63. The third-order valence-corrected chi connectivity index (χ3v) is 2.45. The molecular formula is C15H23FN2O2. The van der Waals surface area contributed by atoms with Crippen molar-refractivity contribution in [2.75, 3.05) is 13.2 Å². The number of benzene rings is 1. The molecule has 0 saturated carbocycles. The average Bonchev–Trinajstić information content (AvgIpc) is 2.33. The molecule has 1 amide bonds. The van der Waals surface area contributed by atoms with Gasteiger partial charge in [0.25, 0.3) is 5.91 Å². The molecule has 5 heteroatoms. The summed E-state index contributed by atoms with van der Waals surface area (Å²) in [4.78, 5) is 11.6. The molecule has 0 saturated heterocycles. The summed E-state index contributed by atoms with van der Waals surface area (Å²) in [5, 5.41) is 5.87. The minimum atomic E-state index is -0.455. The Morgan fingerprint density at radius 3 is 2.60 bits per heavy atom. The third-order valence-electron chi connectivity index (χ3n) is 2.45. The maximum absolute atomic E-state index is 13.8. The number of carbonyl (C=O) groups excluding carboxylic acids is 1. The van der Waals surface area contributed by atoms with Gasteiger partial charge in [0.05, 0.1) is 0 Å². The van der Waals surface area contributed by atoms with E-state index in [0.29, 0.717) is 6.54 Å². The first-order valence-electron chi connectivity index (χ1n) is 6.75. The summed E-state index contributed by atoms with van der Waals surface area (Å²) in [6, 6.07) is 4.74. The topological polar surface area (TPSA) is 50.4 Å². The van der Waals surface area contributed by atoms with E-state index in [-0.39, 0.29) is 23.8 Å². The largest absolute Gasteiger partial charge is 0.481 e. The smallest absolute Gasteiger partial charge is 0.258 e. The van der Waals surface area contributed by atoms with Gasteiger partial charge in [0, 0.05) is 12.1 Å². The highest BCUT2D eigenvalue weighted by molar-refractivity contribution is 5.78. The lowest BCUT2D eigenvalue weighted by molar-refractivity contribution is -0.124. The quantitative estimate of drug-likeness (QED) is 0.841. The maximum Gasteiger partial charge on any atom is 0.258 e. The number of carbonyl (C=O) groups is 1. The van der Waals surface area contributed by atoms with E-state index in [1.54, 1.807) is 12.1 Å². The molecule has 112 valence electrons. The number of amides is 1. The zero-order valence-corrected chi connectivity index (χ0v) is 12.5. The lowest BCUT2D eigenvalue weighted by Gasteiger charge is -2.20. The van der Waals surface area contributed by atoms with Gasteiger partial charge >= 0.3 is 0 Å². The molecule has 0 aliphatic heterocycles. The highest BCUT2D eigenvalue weighted by atomic mass is 19.1. The maximum atomic E-state index is 13.8. The van der Waals surface area contributed by atoms with Crippen molar-refractivity contribution in [2.45, 2.75) is 39.8 Å². The van der Waals surface area contributed by atoms with Crippen LogP contribution in [0.4, 0.5) is 4.39 Å². The first-order chi connectivity index (χ1) is 9.31. The van der Waals surface area contributed by atoms with Crippen LogP contribution in [0.5, 0.6) is 5.75 Å². The number of nitrogens with one attached hydrogen (secondary N) is 2. The zero-order chi connectivity index (χ0) is 15.2. The average molecular weight is 282 g/mol. The van der Waals surface area contributed by atoms with Crippen molar-refractivity contribution in [3.63, 3.8) is 0 Å². The summed E-state index contributed by atoms with van der Waals surface area (Å²) in [5.41, 5.74) is 0.519. The summed E-state index contributed by atoms with van der Waals surface area (Å²) in [6.07, 6.45) is 0. The second kappa shape index (κ2) is 7.24. The van der Waals surface area contributed by atoms with Crippen molar-refractivity contribution in [1.29, 1.82) is 0 Å². The van der Waals surface area contributed by atoms with Gasteiger partial charge in [-0.15, -0.1) is 0 Å². The molecule has 0 radical (unpaired) electrons. The van der Waals surface area contributed by atoms with Gasteiger partial charge in [-0.05, 0) is 45.0 Å². The Balaban J connectivity index is 2.54. The molecule has 0 heterocycles. The molecule has 1 rings (SSSR count). The summed E-state index contributed by atoms with van der Waals surface area (Å²) >= 11 is 0. The van der Waals surface area contributed by atoms with Gasteiger partial charge in [-0.3, -0.25) is 4.79 Å². The molecule has 0 atom stereocenters. The summed E-state index contributed by atoms with van der Waals surface area (Å²) in [6.45, 7) is 8.86. The van der Waals surface area contributed by atoms with Crippen LogP contribution in [0.3, 0.4) is 0 Å². The molecule has 2 N–H and O–H groups in total. The third kappa shape index (κ3) is 6.02. The van der Waals surface area contributed by atoms with Crippen LogP contribution in [0.15, 0.2) is 18.2 Å². The molecule has 0 aliphatic carbocycles. The molecule has 0 aliphatic rings. The van der Waals surface area contributed by atoms with Crippen LogP contribution in [-0.2, 0) is 11.3 Å². The minimum absolute atomic E-state index is 0.0920. The van der Waals surface area contributed by atoms with Crippen LogP contribution in [0.2, 0.25) is 0 Å². The Hall–Kier alpha value is -1.62. The van der Waals surface area contributed by atoms with E-state index in [2.05, 4.69) is 10.6 Å². The fourth-order valence-corrected chi connectivity index (χ4v) is 1.64. The summed E-state index contributed by atoms with van der Waals surface area (Å²) in [7, 11) is 0. The fraction of sp³-hybridized carbons (Fsp3) is 0.533. The number of halogens is 1. The van der Waals surface area contributed by atoms with E-state index in [1.165, 1.54) is 6.07 Å². The Kier molecular flexibility index (Phi) is 5.95. The molecule has 1 aromatic rings. The number of hydrogen-bond acceptors (Lipinski definition) is 3. The first kappa shape index (κ1) is 16.4. The molecule has 0 unspecified atom stereocenters. The number of rotatable bonds is 6. The van der Waals surface area contributed by atoms with Gasteiger partial charge in [-0.2, -0.15) is 0 Å². The fourth-order valence-electron chi connectivity index (χ4n) is 1.64. The first-order valence-corrected chi connectivity index (χ1v) is 6.75. The molecule has 0 aromatic heterocycles. The van der Waals surface area contributed by atoms with Gasteiger partial charge in [-0.25, -0.2) is 4.39 Å². The Morgan fingerprint density at radius 1 is 1.35 bits per heavy atom. The molecular weight excluding hydrogens is 259 g/mol. The molecule has 0 fully saturated rings. The van der Waals surface area contributed by atoms with Crippen LogP contribution in [-0.4, -0.2) is 24.6 Å². The molecule has 4 nitrogen and oxygen atoms in total. The van der Waals surface area contributed by atoms with E-state index in [4.69, 9.17) is 4.74 Å². The predicted molar refractivity (Wildman–Crippen MR) is 77.2 cm³/mol. The summed E-state index contributed by atoms with van der Waals surface area (Å²) in [5.74, 6) is -0.633. The second-order valence-electron chi connectivity index (χ2n) is 5.63. The van der Waals surface area contributed by atoms with Crippen molar-refractivity contribution in [1.82, 2.24) is 10.6 Å². The van der Waals surface area contributed by atoms with Gasteiger partial charge in [0.15, 0.2) is 18.2 Å². The Labute approximate surface area is 119 Å². The van der Waals surface area contributed by atoms with Crippen LogP contribution in [0, 0.1) is 5.82 Å². The predicted octanol–water partition coefficient (Wildman–Crippen LogP) is 2.23. The lowest BCUT2D eigenvalue weighted by Crippen LogP contribution is -2.43. The molecule has 1 aromatic carbocycles. The molecule has 0 bridgehead atoms. The zero-order valence-electron chi connectivity index (χ0n) is 12.5. The monoisotopic (exact) mass is 282 g/mol. The van der Waals surface area contributed by atoms with Crippen LogP contribution in [0.1, 0.15) is 33.3 Å². The standard InChI is InChI=1S/C15H23FN2O2/c1-5-17-9-11-6-7-13(12(16)8-11)20-10-14(19)18-15(2,3)4/h6-8,17H,5,9-10H2,1-4H3,(H,18,19). The van der Waals surface area contributed by atoms with Crippen LogP contribution < -0.4 is 15.4 Å². The number of hydrogen-bond donors (Lipinski definition) is 2. The minimum Gasteiger partial charge on any atom is -0.481 e. The highest BCUT2D eigenvalue weighted by Gasteiger charge is 2.14. The van der Waals surface area contributed by atoms with E-state index < -0.39 is 5.82 Å². The molecule has 20 heavy (non-hydrogen) atoms. The van der Waals surface area contributed by atoms with E-state index in [1.807, 2.05) is 27.7 Å². The SMILES string of the molecule is CCNCc1ccc(OCC(=O)NC(C)(C)C)c(F)c1. The Bertz CT molecular complexity index is 456. The number of ether oxygens (including phenoxy) is 1. The van der Waals surface area contributed by atoms with Gasteiger partial charge < -0.3 is 15.4 Å².